The average Bonchev–Trinajstić information content (AvgIpc) is 2.34. The molecule has 0 saturated carbocycles. The summed E-state index contributed by atoms with van der Waals surface area (Å²) in [6, 6.07) is 7.22. The van der Waals surface area contributed by atoms with E-state index >= 15 is 0 Å². The monoisotopic (exact) mass is 255 g/mol. The summed E-state index contributed by atoms with van der Waals surface area (Å²) in [5, 5.41) is 0.0721. The molecule has 0 aliphatic carbocycles. The molecule has 3 nitrogen and oxygen atoms in total. The lowest BCUT2D eigenvalue weighted by molar-refractivity contribution is 0.0790. The fraction of sp³-hybridized carbons (Fsp3) is 0.462. The summed E-state index contributed by atoms with van der Waals surface area (Å²) in [6.45, 7) is 2.56. The van der Waals surface area contributed by atoms with Gasteiger partial charge in [0.15, 0.2) is 0 Å². The minimum Gasteiger partial charge on any atom is -0.496 e. The second-order valence-corrected chi connectivity index (χ2v) is 4.74. The highest BCUT2D eigenvalue weighted by Crippen LogP contribution is 2.19. The second-order valence-electron chi connectivity index (χ2n) is 4.00. The van der Waals surface area contributed by atoms with Gasteiger partial charge in [0.25, 0.3) is 5.91 Å². The molecule has 0 N–H and O–H groups in total. The normalized spacial score (nSPS) is 12.0. The third kappa shape index (κ3) is 3.93. The second kappa shape index (κ2) is 6.50. The van der Waals surface area contributed by atoms with Crippen LogP contribution in [0.1, 0.15) is 23.7 Å². The van der Waals surface area contributed by atoms with Gasteiger partial charge in [-0.25, -0.2) is 0 Å². The number of nitrogens with zero attached hydrogens (tertiary/aromatic N) is 1. The third-order valence-electron chi connectivity index (χ3n) is 2.55. The van der Waals surface area contributed by atoms with Crippen LogP contribution in [0.4, 0.5) is 0 Å². The zero-order valence-corrected chi connectivity index (χ0v) is 11.2. The predicted molar refractivity (Wildman–Crippen MR) is 69.9 cm³/mol. The molecule has 4 heteroatoms. The topological polar surface area (TPSA) is 29.5 Å². The summed E-state index contributed by atoms with van der Waals surface area (Å²) >= 11 is 5.87. The van der Waals surface area contributed by atoms with E-state index in [-0.39, 0.29) is 11.3 Å². The number of hydrogen-bond donors (Lipinski definition) is 0. The van der Waals surface area contributed by atoms with E-state index in [0.29, 0.717) is 17.9 Å². The number of amides is 1. The number of carbonyl (C=O) groups is 1. The van der Waals surface area contributed by atoms with Crippen molar-refractivity contribution < 1.29 is 9.53 Å². The van der Waals surface area contributed by atoms with E-state index < -0.39 is 0 Å². The van der Waals surface area contributed by atoms with Crippen molar-refractivity contribution in [1.29, 1.82) is 0 Å². The van der Waals surface area contributed by atoms with E-state index in [1.807, 2.05) is 19.1 Å². The van der Waals surface area contributed by atoms with E-state index in [9.17, 15) is 4.79 Å². The molecule has 0 aromatic heterocycles. The quantitative estimate of drug-likeness (QED) is 0.758. The molecule has 0 radical (unpaired) electrons. The lowest BCUT2D eigenvalue weighted by Gasteiger charge is -2.19. The van der Waals surface area contributed by atoms with E-state index in [1.54, 1.807) is 31.2 Å². The zero-order chi connectivity index (χ0) is 12.8. The SMILES string of the molecule is COc1ccccc1C(=O)N(C)CCC(C)Cl. The first-order chi connectivity index (χ1) is 8.06. The minimum atomic E-state index is -0.0419. The van der Waals surface area contributed by atoms with Gasteiger partial charge in [0.1, 0.15) is 5.75 Å². The van der Waals surface area contributed by atoms with Gasteiger partial charge in [0, 0.05) is 19.0 Å². The van der Waals surface area contributed by atoms with Crippen molar-refractivity contribution in [2.75, 3.05) is 20.7 Å². The van der Waals surface area contributed by atoms with Crippen LogP contribution in [0.2, 0.25) is 0 Å². The number of benzene rings is 1. The fourth-order valence-electron chi connectivity index (χ4n) is 1.50. The van der Waals surface area contributed by atoms with Crippen LogP contribution in [0.25, 0.3) is 0 Å². The smallest absolute Gasteiger partial charge is 0.257 e. The van der Waals surface area contributed by atoms with Crippen LogP contribution in [-0.4, -0.2) is 36.9 Å². The Labute approximate surface area is 107 Å². The number of carbonyl (C=O) groups excluding carboxylic acids is 1. The fourth-order valence-corrected chi connectivity index (χ4v) is 1.60. The Morgan fingerprint density at radius 3 is 2.71 bits per heavy atom. The molecule has 17 heavy (non-hydrogen) atoms. The van der Waals surface area contributed by atoms with Crippen LogP contribution in [0.15, 0.2) is 24.3 Å². The largest absolute Gasteiger partial charge is 0.496 e. The van der Waals surface area contributed by atoms with Gasteiger partial charge >= 0.3 is 0 Å². The Hall–Kier alpha value is -1.22. The van der Waals surface area contributed by atoms with Crippen molar-refractivity contribution in [3.63, 3.8) is 0 Å². The number of methoxy groups -OCH3 is 1. The zero-order valence-electron chi connectivity index (χ0n) is 10.4. The first-order valence-corrected chi connectivity index (χ1v) is 6.02. The molecule has 94 valence electrons. The van der Waals surface area contributed by atoms with Crippen molar-refractivity contribution in [3.05, 3.63) is 29.8 Å². The summed E-state index contributed by atoms with van der Waals surface area (Å²) in [5.74, 6) is 0.558. The molecular formula is C13H18ClNO2. The summed E-state index contributed by atoms with van der Waals surface area (Å²) in [7, 11) is 3.33. The third-order valence-corrected chi connectivity index (χ3v) is 2.76. The first kappa shape index (κ1) is 13.8. The molecule has 0 spiro atoms. The molecular weight excluding hydrogens is 238 g/mol. The Bertz CT molecular complexity index is 379. The van der Waals surface area contributed by atoms with Crippen LogP contribution in [0, 0.1) is 0 Å². The van der Waals surface area contributed by atoms with Crippen LogP contribution in [0.5, 0.6) is 5.75 Å². The van der Waals surface area contributed by atoms with Gasteiger partial charge in [-0.3, -0.25) is 4.79 Å². The van der Waals surface area contributed by atoms with Crippen molar-refractivity contribution >= 4 is 17.5 Å². The molecule has 0 heterocycles. The highest BCUT2D eigenvalue weighted by atomic mass is 35.5. The van der Waals surface area contributed by atoms with E-state index in [4.69, 9.17) is 16.3 Å². The molecule has 0 saturated heterocycles. The van der Waals surface area contributed by atoms with Crippen LogP contribution < -0.4 is 4.74 Å². The Morgan fingerprint density at radius 2 is 2.12 bits per heavy atom. The van der Waals surface area contributed by atoms with Gasteiger partial charge in [-0.1, -0.05) is 12.1 Å². The highest BCUT2D eigenvalue weighted by Gasteiger charge is 2.16. The van der Waals surface area contributed by atoms with Gasteiger partial charge in [0.2, 0.25) is 0 Å². The predicted octanol–water partition coefficient (Wildman–Crippen LogP) is 2.78. The molecule has 1 atom stereocenters. The number of para-hydroxylation sites is 1. The lowest BCUT2D eigenvalue weighted by atomic mass is 10.1. The molecule has 1 amide bonds. The van der Waals surface area contributed by atoms with E-state index in [1.165, 1.54) is 0 Å². The van der Waals surface area contributed by atoms with Gasteiger partial charge in [-0.2, -0.15) is 0 Å². The molecule has 0 aliphatic heterocycles. The van der Waals surface area contributed by atoms with Gasteiger partial charge in [-0.05, 0) is 25.5 Å². The van der Waals surface area contributed by atoms with Crippen molar-refractivity contribution in [3.8, 4) is 5.75 Å². The molecule has 1 rings (SSSR count). The molecule has 0 fully saturated rings. The maximum atomic E-state index is 12.1. The summed E-state index contributed by atoms with van der Waals surface area (Å²) < 4.78 is 5.17. The maximum absolute atomic E-state index is 12.1. The number of halogens is 1. The van der Waals surface area contributed by atoms with E-state index in [0.717, 1.165) is 6.42 Å². The van der Waals surface area contributed by atoms with Crippen LogP contribution in [0.3, 0.4) is 0 Å². The van der Waals surface area contributed by atoms with Gasteiger partial charge < -0.3 is 9.64 Å². The van der Waals surface area contributed by atoms with Gasteiger partial charge in [-0.15, -0.1) is 11.6 Å². The van der Waals surface area contributed by atoms with Crippen LogP contribution in [-0.2, 0) is 0 Å². The van der Waals surface area contributed by atoms with Crippen molar-refractivity contribution in [2.45, 2.75) is 18.7 Å². The first-order valence-electron chi connectivity index (χ1n) is 5.58. The van der Waals surface area contributed by atoms with Crippen molar-refractivity contribution in [1.82, 2.24) is 4.90 Å². The Kier molecular flexibility index (Phi) is 5.29. The van der Waals surface area contributed by atoms with Gasteiger partial charge in [0.05, 0.1) is 12.7 Å². The van der Waals surface area contributed by atoms with E-state index in [2.05, 4.69) is 0 Å². The Morgan fingerprint density at radius 1 is 1.47 bits per heavy atom. The summed E-state index contributed by atoms with van der Waals surface area (Å²) in [5.41, 5.74) is 0.583. The minimum absolute atomic E-state index is 0.0419. The number of ether oxygens (including phenoxy) is 1. The molecule has 1 aromatic rings. The van der Waals surface area contributed by atoms with Crippen molar-refractivity contribution in [2.24, 2.45) is 0 Å². The molecule has 0 aliphatic rings. The summed E-state index contributed by atoms with van der Waals surface area (Å²) in [4.78, 5) is 13.8. The average molecular weight is 256 g/mol. The highest BCUT2D eigenvalue weighted by molar-refractivity contribution is 6.20. The number of rotatable bonds is 5. The molecule has 1 unspecified atom stereocenters. The summed E-state index contributed by atoms with van der Waals surface area (Å²) in [6.07, 6.45) is 0.777. The van der Waals surface area contributed by atoms with Crippen LogP contribution >= 0.6 is 11.6 Å². The maximum Gasteiger partial charge on any atom is 0.257 e. The number of hydrogen-bond acceptors (Lipinski definition) is 2. The molecule has 1 aromatic carbocycles. The molecule has 0 bridgehead atoms. The standard InChI is InChI=1S/C13H18ClNO2/c1-10(14)8-9-15(2)13(16)11-6-4-5-7-12(11)17-3/h4-7,10H,8-9H2,1-3H3. The lowest BCUT2D eigenvalue weighted by Crippen LogP contribution is -2.29. The Balaban J connectivity index is 2.74. The number of alkyl halides is 1.